The van der Waals surface area contributed by atoms with E-state index in [4.69, 9.17) is 0 Å². The van der Waals surface area contributed by atoms with Crippen LogP contribution in [0, 0.1) is 11.6 Å². The molecule has 0 fully saturated rings. The Balaban J connectivity index is 1.53. The highest BCUT2D eigenvalue weighted by Crippen LogP contribution is 2.57. The number of rotatable bonds is 5. The van der Waals surface area contributed by atoms with Crippen LogP contribution in [-0.4, -0.2) is 0 Å². The first-order valence-corrected chi connectivity index (χ1v) is 13.3. The van der Waals surface area contributed by atoms with Gasteiger partial charge in [-0.25, -0.2) is 8.78 Å². The summed E-state index contributed by atoms with van der Waals surface area (Å²) in [6, 6.07) is 49.2. The van der Waals surface area contributed by atoms with Crippen LogP contribution in [0.25, 0.3) is 11.1 Å². The number of anilines is 3. The van der Waals surface area contributed by atoms with Gasteiger partial charge in [-0.15, -0.1) is 0 Å². The first-order valence-electron chi connectivity index (χ1n) is 13.3. The van der Waals surface area contributed by atoms with Gasteiger partial charge in [-0.2, -0.15) is 0 Å². The summed E-state index contributed by atoms with van der Waals surface area (Å²) in [6.07, 6.45) is 0. The highest BCUT2D eigenvalue weighted by Gasteiger charge is 2.46. The molecule has 1 aliphatic rings. The summed E-state index contributed by atoms with van der Waals surface area (Å²) in [5.74, 6) is -0.612. The second kappa shape index (κ2) is 9.62. The molecule has 0 spiro atoms. The Morgan fingerprint density at radius 3 is 1.40 bits per heavy atom. The molecule has 0 radical (unpaired) electrons. The zero-order valence-electron chi connectivity index (χ0n) is 21.6. The number of benzene rings is 6. The fourth-order valence-corrected chi connectivity index (χ4v) is 6.20. The zero-order valence-corrected chi connectivity index (χ0v) is 21.6. The Bertz CT molecular complexity index is 1710. The smallest absolute Gasteiger partial charge is 0.123 e. The van der Waals surface area contributed by atoms with Gasteiger partial charge in [-0.3, -0.25) is 0 Å². The van der Waals surface area contributed by atoms with Crippen LogP contribution in [0.4, 0.5) is 25.8 Å². The molecule has 0 aliphatic heterocycles. The van der Waals surface area contributed by atoms with Gasteiger partial charge in [0, 0.05) is 17.1 Å². The summed E-state index contributed by atoms with van der Waals surface area (Å²) >= 11 is 0. The van der Waals surface area contributed by atoms with Gasteiger partial charge < -0.3 is 4.90 Å². The average molecular weight is 522 g/mol. The van der Waals surface area contributed by atoms with Crippen molar-refractivity contribution >= 4 is 17.1 Å². The van der Waals surface area contributed by atoms with Crippen molar-refractivity contribution in [1.29, 1.82) is 0 Å². The van der Waals surface area contributed by atoms with E-state index in [1.165, 1.54) is 52.1 Å². The van der Waals surface area contributed by atoms with Crippen LogP contribution in [-0.2, 0) is 5.41 Å². The maximum absolute atomic E-state index is 13.9. The lowest BCUT2D eigenvalue weighted by atomic mass is 9.67. The van der Waals surface area contributed by atoms with Gasteiger partial charge in [-0.05, 0) is 94.0 Å². The number of hydrogen-bond acceptors (Lipinski definition) is 1. The standard InChI is InChI=1S/C37H25F2N/c38-28-15-19-30(20-16-28)40(31-21-17-29(39)18-22-31)32-23-24-34-33-13-7-8-14-35(33)37(36(34)25-32,26-9-3-1-4-10-26)27-11-5-2-6-12-27/h1-25H. The van der Waals surface area contributed by atoms with E-state index in [0.29, 0.717) is 0 Å². The van der Waals surface area contributed by atoms with Crippen molar-refractivity contribution in [2.24, 2.45) is 0 Å². The zero-order chi connectivity index (χ0) is 27.1. The van der Waals surface area contributed by atoms with Crippen molar-refractivity contribution in [1.82, 2.24) is 0 Å². The normalized spacial score (nSPS) is 12.9. The minimum atomic E-state index is -0.540. The largest absolute Gasteiger partial charge is 0.310 e. The van der Waals surface area contributed by atoms with E-state index in [-0.39, 0.29) is 11.6 Å². The molecule has 3 heteroatoms. The molecule has 0 saturated heterocycles. The fourth-order valence-electron chi connectivity index (χ4n) is 6.20. The van der Waals surface area contributed by atoms with Crippen LogP contribution in [0.3, 0.4) is 0 Å². The number of hydrogen-bond donors (Lipinski definition) is 0. The van der Waals surface area contributed by atoms with Crippen molar-refractivity contribution in [3.05, 3.63) is 186 Å². The Hall–Kier alpha value is -5.02. The predicted octanol–water partition coefficient (Wildman–Crippen LogP) is 9.80. The summed E-state index contributed by atoms with van der Waals surface area (Å²) in [5, 5.41) is 0. The van der Waals surface area contributed by atoms with Crippen molar-refractivity contribution in [2.45, 2.75) is 5.41 Å². The molecule has 7 rings (SSSR count). The third kappa shape index (κ3) is 3.74. The number of fused-ring (bicyclic) bond motifs is 3. The molecule has 0 heterocycles. The van der Waals surface area contributed by atoms with Crippen molar-refractivity contribution in [3.8, 4) is 11.1 Å². The Labute approximate surface area is 232 Å². The lowest BCUT2D eigenvalue weighted by molar-refractivity contribution is 0.628. The molecule has 0 bridgehead atoms. The molecule has 0 atom stereocenters. The van der Waals surface area contributed by atoms with Gasteiger partial charge in [-0.1, -0.05) is 91.0 Å². The molecular weight excluding hydrogens is 496 g/mol. The van der Waals surface area contributed by atoms with Crippen LogP contribution < -0.4 is 4.90 Å². The molecule has 40 heavy (non-hydrogen) atoms. The molecule has 0 aromatic heterocycles. The van der Waals surface area contributed by atoms with Gasteiger partial charge in [0.15, 0.2) is 0 Å². The first kappa shape index (κ1) is 24.1. The van der Waals surface area contributed by atoms with Crippen LogP contribution >= 0.6 is 0 Å². The van der Waals surface area contributed by atoms with Gasteiger partial charge in [0.05, 0.1) is 5.41 Å². The lowest BCUT2D eigenvalue weighted by Gasteiger charge is -2.35. The first-order chi connectivity index (χ1) is 19.7. The Morgan fingerprint density at radius 1 is 0.400 bits per heavy atom. The van der Waals surface area contributed by atoms with Gasteiger partial charge in [0.25, 0.3) is 0 Å². The Morgan fingerprint density at radius 2 is 0.850 bits per heavy atom. The van der Waals surface area contributed by atoms with E-state index in [9.17, 15) is 8.78 Å². The van der Waals surface area contributed by atoms with Gasteiger partial charge in [0.2, 0.25) is 0 Å². The van der Waals surface area contributed by atoms with E-state index in [1.807, 2.05) is 17.0 Å². The van der Waals surface area contributed by atoms with E-state index >= 15 is 0 Å². The highest BCUT2D eigenvalue weighted by molar-refractivity contribution is 5.89. The van der Waals surface area contributed by atoms with Gasteiger partial charge >= 0.3 is 0 Å². The maximum Gasteiger partial charge on any atom is 0.123 e. The summed E-state index contributed by atoms with van der Waals surface area (Å²) < 4.78 is 27.9. The maximum atomic E-state index is 13.9. The van der Waals surface area contributed by atoms with Crippen LogP contribution in [0.2, 0.25) is 0 Å². The topological polar surface area (TPSA) is 3.24 Å². The van der Waals surface area contributed by atoms with Gasteiger partial charge in [0.1, 0.15) is 11.6 Å². The van der Waals surface area contributed by atoms with Crippen LogP contribution in [0.5, 0.6) is 0 Å². The fraction of sp³-hybridized carbons (Fsp3) is 0.0270. The predicted molar refractivity (Wildman–Crippen MR) is 158 cm³/mol. The average Bonchev–Trinajstić information content (AvgIpc) is 3.31. The van der Waals surface area contributed by atoms with Crippen molar-refractivity contribution < 1.29 is 8.78 Å². The summed E-state index contributed by atoms with van der Waals surface area (Å²) in [5.41, 5.74) is 9.06. The number of halogens is 2. The van der Waals surface area contributed by atoms with Crippen molar-refractivity contribution in [2.75, 3.05) is 4.90 Å². The highest BCUT2D eigenvalue weighted by atomic mass is 19.1. The third-order valence-electron chi connectivity index (χ3n) is 7.87. The molecular formula is C37H25F2N. The summed E-state index contributed by atoms with van der Waals surface area (Å²) in [4.78, 5) is 2.04. The van der Waals surface area contributed by atoms with E-state index < -0.39 is 5.41 Å². The van der Waals surface area contributed by atoms with E-state index in [0.717, 1.165) is 22.6 Å². The SMILES string of the molecule is Fc1ccc(N(c2ccc(F)cc2)c2ccc3c(c2)C(c2ccccc2)(c2ccccc2)c2ccccc2-3)cc1. The second-order valence-electron chi connectivity index (χ2n) is 10.0. The molecule has 1 nitrogen and oxygen atoms in total. The Kier molecular flexibility index (Phi) is 5.78. The molecule has 192 valence electrons. The monoisotopic (exact) mass is 521 g/mol. The summed E-state index contributed by atoms with van der Waals surface area (Å²) in [7, 11) is 0. The number of nitrogens with zero attached hydrogens (tertiary/aromatic N) is 1. The molecule has 1 aliphatic carbocycles. The van der Waals surface area contributed by atoms with E-state index in [1.54, 1.807) is 24.3 Å². The van der Waals surface area contributed by atoms with Crippen LogP contribution in [0.15, 0.2) is 152 Å². The summed E-state index contributed by atoms with van der Waals surface area (Å²) in [6.45, 7) is 0. The minimum absolute atomic E-state index is 0.306. The molecule has 0 saturated carbocycles. The van der Waals surface area contributed by atoms with Crippen LogP contribution in [0.1, 0.15) is 22.3 Å². The minimum Gasteiger partial charge on any atom is -0.310 e. The third-order valence-corrected chi connectivity index (χ3v) is 7.87. The second-order valence-corrected chi connectivity index (χ2v) is 10.0. The molecule has 6 aromatic carbocycles. The van der Waals surface area contributed by atoms with E-state index in [2.05, 4.69) is 91.0 Å². The molecule has 6 aromatic rings. The molecule has 0 N–H and O–H groups in total. The van der Waals surface area contributed by atoms with Crippen molar-refractivity contribution in [3.63, 3.8) is 0 Å². The molecule has 0 amide bonds. The quantitative estimate of drug-likeness (QED) is 0.218. The molecule has 0 unspecified atom stereocenters. The lowest BCUT2D eigenvalue weighted by Crippen LogP contribution is -2.28.